The zero-order valence-corrected chi connectivity index (χ0v) is 21.8. The number of amides is 2. The number of halogens is 2. The highest BCUT2D eigenvalue weighted by Crippen LogP contribution is 2.61. The predicted molar refractivity (Wildman–Crippen MR) is 140 cm³/mol. The first-order valence-corrected chi connectivity index (χ1v) is 14.0. The van der Waals surface area contributed by atoms with Crippen LogP contribution in [-0.2, 0) is 16.8 Å². The van der Waals surface area contributed by atoms with Gasteiger partial charge in [-0.2, -0.15) is 0 Å². The Kier molecular flexibility index (Phi) is 6.16. The molecule has 4 aliphatic carbocycles. The van der Waals surface area contributed by atoms with E-state index in [0.29, 0.717) is 17.3 Å². The molecule has 2 aromatic rings. The Hall–Kier alpha value is -2.31. The summed E-state index contributed by atoms with van der Waals surface area (Å²) < 4.78 is 20.2. The fourth-order valence-corrected chi connectivity index (χ4v) is 8.41. The van der Waals surface area contributed by atoms with E-state index < -0.39 is 17.0 Å². The van der Waals surface area contributed by atoms with E-state index in [1.807, 2.05) is 13.0 Å². The highest BCUT2D eigenvalue weighted by molar-refractivity contribution is 8.18. The first-order valence-electron chi connectivity index (χ1n) is 12.8. The molecule has 4 nitrogen and oxygen atoms in total. The van der Waals surface area contributed by atoms with Gasteiger partial charge in [0.25, 0.3) is 11.1 Å². The molecular weight excluding hydrogens is 497 g/mol. The number of carbonyl (C=O) groups is 2. The van der Waals surface area contributed by atoms with Gasteiger partial charge in [0.15, 0.2) is 0 Å². The number of benzene rings is 2. The summed E-state index contributed by atoms with van der Waals surface area (Å²) in [6.45, 7) is 2.24. The van der Waals surface area contributed by atoms with Gasteiger partial charge in [-0.05, 0) is 116 Å². The largest absolute Gasteiger partial charge is 0.493 e. The minimum absolute atomic E-state index is 0.140. The average Bonchev–Trinajstić information content (AvgIpc) is 3.09. The Balaban J connectivity index is 1.32. The highest BCUT2D eigenvalue weighted by atomic mass is 35.5. The zero-order chi connectivity index (χ0) is 25.0. The third-order valence-electron chi connectivity index (χ3n) is 8.50. The van der Waals surface area contributed by atoms with E-state index in [-0.39, 0.29) is 22.5 Å². The van der Waals surface area contributed by atoms with Crippen LogP contribution in [0.1, 0.15) is 62.1 Å². The minimum atomic E-state index is -0.535. The van der Waals surface area contributed by atoms with Gasteiger partial charge in [0, 0.05) is 16.1 Å². The summed E-state index contributed by atoms with van der Waals surface area (Å²) in [5.74, 6) is 2.21. The summed E-state index contributed by atoms with van der Waals surface area (Å²) >= 11 is 7.02. The van der Waals surface area contributed by atoms with Crippen LogP contribution >= 0.6 is 23.4 Å². The SMILES string of the molecule is CCOc1ccc(C23CC4CC(CC(C4)C2)C3)cc1/C=C1\SC(=O)N(Cc2c(F)cccc2Cl)C1=O. The average molecular weight is 526 g/mol. The van der Waals surface area contributed by atoms with Gasteiger partial charge in [-0.3, -0.25) is 14.5 Å². The maximum Gasteiger partial charge on any atom is 0.293 e. The first kappa shape index (κ1) is 24.1. The van der Waals surface area contributed by atoms with Gasteiger partial charge in [-0.15, -0.1) is 0 Å². The van der Waals surface area contributed by atoms with Gasteiger partial charge in [-0.1, -0.05) is 23.7 Å². The van der Waals surface area contributed by atoms with Gasteiger partial charge < -0.3 is 4.74 Å². The van der Waals surface area contributed by atoms with Gasteiger partial charge >= 0.3 is 0 Å². The lowest BCUT2D eigenvalue weighted by atomic mass is 9.48. The molecule has 0 aromatic heterocycles. The van der Waals surface area contributed by atoms with E-state index in [4.69, 9.17) is 16.3 Å². The molecule has 1 heterocycles. The number of rotatable bonds is 6. The Morgan fingerprint density at radius 1 is 1.11 bits per heavy atom. The van der Waals surface area contributed by atoms with Crippen LogP contribution in [0.4, 0.5) is 9.18 Å². The van der Waals surface area contributed by atoms with Crippen molar-refractivity contribution in [3.63, 3.8) is 0 Å². The standard InChI is InChI=1S/C29H29ClFNO3S/c1-2-35-25-7-6-21(29-13-17-8-18(14-29)10-19(9-17)15-29)11-20(25)12-26-27(33)32(28(34)36-26)16-22-23(30)4-3-5-24(22)31/h3-7,11-12,17-19H,2,8-10,13-16H2,1H3/b26-12-. The molecular formula is C29H29ClFNO3S. The Morgan fingerprint density at radius 3 is 2.44 bits per heavy atom. The topological polar surface area (TPSA) is 46.6 Å². The molecule has 0 radical (unpaired) electrons. The van der Waals surface area contributed by atoms with Crippen LogP contribution in [0.25, 0.3) is 6.08 Å². The second-order valence-corrected chi connectivity index (χ2v) is 12.3. The molecule has 2 amide bonds. The quantitative estimate of drug-likeness (QED) is 0.365. The summed E-state index contributed by atoms with van der Waals surface area (Å²) in [7, 11) is 0. The fourth-order valence-electron chi connectivity index (χ4n) is 7.36. The van der Waals surface area contributed by atoms with Crippen LogP contribution in [-0.4, -0.2) is 22.7 Å². The molecule has 7 rings (SSSR count). The first-order chi connectivity index (χ1) is 17.3. The predicted octanol–water partition coefficient (Wildman–Crippen LogP) is 7.58. The van der Waals surface area contributed by atoms with Crippen LogP contribution < -0.4 is 4.74 Å². The Bertz CT molecular complexity index is 1220. The van der Waals surface area contributed by atoms with Crippen LogP contribution in [0.5, 0.6) is 5.75 Å². The van der Waals surface area contributed by atoms with E-state index in [9.17, 15) is 14.0 Å². The number of imide groups is 1. The van der Waals surface area contributed by atoms with E-state index >= 15 is 0 Å². The molecule has 5 aliphatic rings. The van der Waals surface area contributed by atoms with Crippen LogP contribution in [0.3, 0.4) is 0 Å². The van der Waals surface area contributed by atoms with E-state index in [2.05, 4.69) is 12.1 Å². The smallest absolute Gasteiger partial charge is 0.293 e. The normalized spacial score (nSPS) is 30.0. The monoisotopic (exact) mass is 525 g/mol. The molecule has 1 aliphatic heterocycles. The summed E-state index contributed by atoms with van der Waals surface area (Å²) in [5, 5.41) is -0.235. The fraction of sp³-hybridized carbons (Fsp3) is 0.448. The van der Waals surface area contributed by atoms with Gasteiger partial charge in [0.1, 0.15) is 11.6 Å². The Labute approximate surface area is 220 Å². The van der Waals surface area contributed by atoms with Crippen molar-refractivity contribution in [2.45, 2.75) is 57.4 Å². The lowest BCUT2D eigenvalue weighted by molar-refractivity contribution is -0.123. The highest BCUT2D eigenvalue weighted by Gasteiger charge is 2.51. The van der Waals surface area contributed by atoms with Crippen molar-refractivity contribution in [2.75, 3.05) is 6.61 Å². The molecule has 4 saturated carbocycles. The maximum absolute atomic E-state index is 14.3. The maximum atomic E-state index is 14.3. The molecule has 4 bridgehead atoms. The lowest BCUT2D eigenvalue weighted by Crippen LogP contribution is -2.48. The second-order valence-electron chi connectivity index (χ2n) is 10.9. The van der Waals surface area contributed by atoms with Crippen LogP contribution in [0.2, 0.25) is 5.02 Å². The molecule has 2 aromatic carbocycles. The third-order valence-corrected chi connectivity index (χ3v) is 9.76. The number of thioether (sulfide) groups is 1. The molecule has 7 heteroatoms. The van der Waals surface area contributed by atoms with E-state index in [1.165, 1.54) is 56.2 Å². The number of carbonyl (C=O) groups excluding carboxylic acids is 2. The summed E-state index contributed by atoms with van der Waals surface area (Å²) in [5.41, 5.74) is 2.50. The molecule has 0 N–H and O–H groups in total. The number of hydrogen-bond donors (Lipinski definition) is 0. The molecule has 0 spiro atoms. The minimum Gasteiger partial charge on any atom is -0.493 e. The Morgan fingerprint density at radius 2 is 1.81 bits per heavy atom. The van der Waals surface area contributed by atoms with Crippen molar-refractivity contribution in [3.05, 3.63) is 68.8 Å². The van der Waals surface area contributed by atoms with E-state index in [1.54, 1.807) is 12.1 Å². The van der Waals surface area contributed by atoms with Gasteiger partial charge in [-0.25, -0.2) is 4.39 Å². The van der Waals surface area contributed by atoms with Gasteiger partial charge in [0.2, 0.25) is 0 Å². The van der Waals surface area contributed by atoms with Crippen LogP contribution in [0.15, 0.2) is 41.3 Å². The number of hydrogen-bond acceptors (Lipinski definition) is 4. The molecule has 36 heavy (non-hydrogen) atoms. The number of nitrogens with zero attached hydrogens (tertiary/aromatic N) is 1. The summed E-state index contributed by atoms with van der Waals surface area (Å²) in [6, 6.07) is 10.7. The summed E-state index contributed by atoms with van der Waals surface area (Å²) in [6.07, 6.45) is 9.63. The molecule has 5 fully saturated rings. The van der Waals surface area contributed by atoms with Crippen molar-refractivity contribution in [3.8, 4) is 5.75 Å². The van der Waals surface area contributed by atoms with Gasteiger partial charge in [0.05, 0.1) is 18.1 Å². The second kappa shape index (κ2) is 9.21. The molecule has 1 saturated heterocycles. The van der Waals surface area contributed by atoms with Crippen molar-refractivity contribution in [1.29, 1.82) is 0 Å². The summed E-state index contributed by atoms with van der Waals surface area (Å²) in [4.78, 5) is 27.4. The molecule has 0 unspecified atom stereocenters. The van der Waals surface area contributed by atoms with Crippen LogP contribution in [0, 0.1) is 23.6 Å². The molecule has 0 atom stereocenters. The lowest BCUT2D eigenvalue weighted by Gasteiger charge is -2.57. The van der Waals surface area contributed by atoms with Crippen molar-refractivity contribution < 1.29 is 18.7 Å². The van der Waals surface area contributed by atoms with Crippen molar-refractivity contribution in [2.24, 2.45) is 17.8 Å². The molecule has 188 valence electrons. The van der Waals surface area contributed by atoms with Crippen molar-refractivity contribution >= 4 is 40.6 Å². The zero-order valence-electron chi connectivity index (χ0n) is 20.3. The number of ether oxygens (including phenoxy) is 1. The van der Waals surface area contributed by atoms with Crippen molar-refractivity contribution in [1.82, 2.24) is 4.90 Å². The third kappa shape index (κ3) is 4.16. The van der Waals surface area contributed by atoms with E-state index in [0.717, 1.165) is 40.0 Å².